The Balaban J connectivity index is 1.37. The van der Waals surface area contributed by atoms with E-state index in [0.29, 0.717) is 57.8 Å². The molecule has 5 aliphatic heterocycles. The summed E-state index contributed by atoms with van der Waals surface area (Å²) in [6.45, 7) is 19.6. The quantitative estimate of drug-likeness (QED) is 0.111. The van der Waals surface area contributed by atoms with E-state index in [1.165, 1.54) is 0 Å². The van der Waals surface area contributed by atoms with E-state index in [0.717, 1.165) is 6.42 Å². The van der Waals surface area contributed by atoms with Crippen LogP contribution in [0.15, 0.2) is 12.2 Å². The number of ketones is 1. The van der Waals surface area contributed by atoms with Crippen LogP contribution in [0.1, 0.15) is 133 Å². The molecular formula is C44H72ClNO11. The van der Waals surface area contributed by atoms with Gasteiger partial charge in [-0.3, -0.25) is 14.4 Å². The Bertz CT molecular complexity index is 1460. The van der Waals surface area contributed by atoms with Gasteiger partial charge in [0.15, 0.2) is 11.6 Å². The molecule has 2 spiro atoms. The van der Waals surface area contributed by atoms with E-state index < -0.39 is 82.9 Å². The summed E-state index contributed by atoms with van der Waals surface area (Å²) in [5.41, 5.74) is -1.70. The number of carboxylic acid groups (broad SMARTS) is 1. The summed E-state index contributed by atoms with van der Waals surface area (Å²) in [6, 6.07) is -0.675. The number of hydrogen-bond acceptors (Lipinski definition) is 10. The normalized spacial score (nSPS) is 43.6. The van der Waals surface area contributed by atoms with Crippen LogP contribution in [0.5, 0.6) is 0 Å². The predicted molar refractivity (Wildman–Crippen MR) is 215 cm³/mol. The Labute approximate surface area is 345 Å². The van der Waals surface area contributed by atoms with Crippen molar-refractivity contribution in [3.63, 3.8) is 0 Å². The lowest BCUT2D eigenvalue weighted by Crippen LogP contribution is -2.65. The maximum atomic E-state index is 14.6. The van der Waals surface area contributed by atoms with Crippen molar-refractivity contribution in [2.75, 3.05) is 5.88 Å². The van der Waals surface area contributed by atoms with Crippen LogP contribution < -0.4 is 5.32 Å². The lowest BCUT2D eigenvalue weighted by Gasteiger charge is -2.55. The Hall–Kier alpha value is -1.64. The third-order valence-electron chi connectivity index (χ3n) is 14.9. The van der Waals surface area contributed by atoms with Crippen LogP contribution in [0.3, 0.4) is 0 Å². The summed E-state index contributed by atoms with van der Waals surface area (Å²) in [4.78, 5) is 39.3. The van der Waals surface area contributed by atoms with Crippen LogP contribution >= 0.6 is 11.6 Å². The van der Waals surface area contributed by atoms with E-state index >= 15 is 0 Å². The third-order valence-corrected chi connectivity index (χ3v) is 15.2. The van der Waals surface area contributed by atoms with Crippen LogP contribution in [0.4, 0.5) is 0 Å². The van der Waals surface area contributed by atoms with Gasteiger partial charge in [-0.1, -0.05) is 61.5 Å². The molecule has 0 saturated carbocycles. The van der Waals surface area contributed by atoms with Crippen molar-refractivity contribution in [2.45, 2.75) is 199 Å². The highest BCUT2D eigenvalue weighted by molar-refractivity contribution is 6.27. The largest absolute Gasteiger partial charge is 0.481 e. The van der Waals surface area contributed by atoms with Gasteiger partial charge in [0.1, 0.15) is 17.7 Å². The number of amides is 1. The molecule has 0 aliphatic carbocycles. The molecule has 4 N–H and O–H groups in total. The molecule has 57 heavy (non-hydrogen) atoms. The molecule has 5 heterocycles. The molecule has 1 unspecified atom stereocenters. The molecule has 1 amide bonds. The SMILES string of the molecule is CCC(C(=O)[C@@H](C)[C@@H](O)[C@H](C)[C@@H]1O[C@@H]([C@@H](CC)C(=O)O)CC[C@@H]1C)[C@H]1O[C@]2(C=C[C@@H](NC(=O)CCl)[C@]3(CC[C@@](C)([C@H]4CC[C@](O)(CC)[C@H](C)O4)O3)O2)[C@H](C)C[C@@H]1C. The molecule has 326 valence electrons. The second-order valence-corrected chi connectivity index (χ2v) is 18.9. The molecule has 0 radical (unpaired) electrons. The number of ether oxygens (including phenoxy) is 5. The highest BCUT2D eigenvalue weighted by atomic mass is 35.5. The fraction of sp³-hybridized carbons (Fsp3) is 0.886. The summed E-state index contributed by atoms with van der Waals surface area (Å²) in [6.07, 6.45) is 6.46. The first-order chi connectivity index (χ1) is 26.7. The molecule has 0 aromatic rings. The number of carboxylic acids is 1. The van der Waals surface area contributed by atoms with E-state index in [1.807, 2.05) is 53.7 Å². The van der Waals surface area contributed by atoms with Crippen LogP contribution in [0.2, 0.25) is 0 Å². The Morgan fingerprint density at radius 3 is 2.19 bits per heavy atom. The molecule has 5 aliphatic rings. The maximum absolute atomic E-state index is 14.6. The van der Waals surface area contributed by atoms with Gasteiger partial charge >= 0.3 is 5.97 Å². The highest BCUT2D eigenvalue weighted by Gasteiger charge is 2.63. The van der Waals surface area contributed by atoms with Crippen molar-refractivity contribution in [3.8, 4) is 0 Å². The van der Waals surface area contributed by atoms with Gasteiger partial charge in [-0.15, -0.1) is 11.6 Å². The smallest absolute Gasteiger partial charge is 0.309 e. The number of nitrogens with one attached hydrogen (secondary N) is 1. The maximum Gasteiger partial charge on any atom is 0.309 e. The number of halogens is 1. The molecule has 0 aromatic heterocycles. The van der Waals surface area contributed by atoms with Gasteiger partial charge in [0.05, 0.1) is 53.7 Å². The Morgan fingerprint density at radius 1 is 0.912 bits per heavy atom. The van der Waals surface area contributed by atoms with Crippen LogP contribution in [-0.2, 0) is 38.1 Å². The van der Waals surface area contributed by atoms with E-state index in [-0.39, 0.29) is 47.5 Å². The minimum absolute atomic E-state index is 0.0171. The molecule has 5 rings (SSSR count). The Kier molecular flexibility index (Phi) is 14.8. The molecule has 18 atom stereocenters. The van der Waals surface area contributed by atoms with Crippen molar-refractivity contribution >= 4 is 29.3 Å². The van der Waals surface area contributed by atoms with Gasteiger partial charge < -0.3 is 44.3 Å². The minimum Gasteiger partial charge on any atom is -0.481 e. The zero-order chi connectivity index (χ0) is 42.2. The summed E-state index contributed by atoms with van der Waals surface area (Å²) in [5, 5.41) is 35.8. The van der Waals surface area contributed by atoms with Gasteiger partial charge in [0.25, 0.3) is 0 Å². The predicted octanol–water partition coefficient (Wildman–Crippen LogP) is 6.55. The van der Waals surface area contributed by atoms with E-state index in [2.05, 4.69) is 26.1 Å². The second-order valence-electron chi connectivity index (χ2n) is 18.6. The number of carbonyl (C=O) groups is 3. The number of carbonyl (C=O) groups excluding carboxylic acids is 2. The minimum atomic E-state index is -1.33. The number of aliphatic hydroxyl groups is 2. The van der Waals surface area contributed by atoms with Crippen LogP contribution in [0, 0.1) is 41.4 Å². The van der Waals surface area contributed by atoms with E-state index in [1.54, 1.807) is 6.92 Å². The summed E-state index contributed by atoms with van der Waals surface area (Å²) in [7, 11) is 0. The number of hydrogen-bond donors (Lipinski definition) is 4. The fourth-order valence-electron chi connectivity index (χ4n) is 10.9. The average molecular weight is 827 g/mol. The highest BCUT2D eigenvalue weighted by Crippen LogP contribution is 2.54. The van der Waals surface area contributed by atoms with Crippen molar-refractivity contribution in [1.82, 2.24) is 5.32 Å². The van der Waals surface area contributed by atoms with E-state index in [4.69, 9.17) is 35.3 Å². The van der Waals surface area contributed by atoms with E-state index in [9.17, 15) is 29.7 Å². The van der Waals surface area contributed by atoms with Crippen LogP contribution in [0.25, 0.3) is 0 Å². The van der Waals surface area contributed by atoms with Crippen molar-refractivity contribution < 1.29 is 53.4 Å². The third kappa shape index (κ3) is 9.05. The van der Waals surface area contributed by atoms with Crippen molar-refractivity contribution in [2.24, 2.45) is 41.4 Å². The fourth-order valence-corrected chi connectivity index (χ4v) is 11.0. The molecule has 4 saturated heterocycles. The first kappa shape index (κ1) is 46.4. The monoisotopic (exact) mass is 825 g/mol. The molecule has 13 heteroatoms. The van der Waals surface area contributed by atoms with Gasteiger partial charge in [-0.2, -0.15) is 0 Å². The lowest BCUT2D eigenvalue weighted by atomic mass is 9.72. The number of aliphatic hydroxyl groups excluding tert-OH is 1. The second kappa shape index (κ2) is 18.1. The van der Waals surface area contributed by atoms with Crippen LogP contribution in [-0.4, -0.2) is 104 Å². The number of alkyl halides is 1. The lowest BCUT2D eigenvalue weighted by molar-refractivity contribution is -0.398. The van der Waals surface area contributed by atoms with Gasteiger partial charge in [0, 0.05) is 30.1 Å². The topological polar surface area (TPSA) is 170 Å². The number of rotatable bonds is 14. The zero-order valence-electron chi connectivity index (χ0n) is 36.0. The zero-order valence-corrected chi connectivity index (χ0v) is 36.8. The first-order valence-electron chi connectivity index (χ1n) is 21.8. The molecule has 4 fully saturated rings. The van der Waals surface area contributed by atoms with Gasteiger partial charge in [0.2, 0.25) is 5.91 Å². The van der Waals surface area contributed by atoms with Crippen molar-refractivity contribution in [3.05, 3.63) is 12.2 Å². The molecule has 12 nitrogen and oxygen atoms in total. The standard InChI is InChI=1S/C44H72ClNO11/c1-11-30(40(50)51)32-15-14-24(4)38(54-32)28(8)36(48)27(7)37(49)31(12-2)39-25(5)22-26(6)43(55-39)19-16-33(46-35(47)23-45)44(57-43)21-20-41(10,56-44)34-17-18-42(52,13-3)29(9)53-34/h16,19,24-34,36,38-39,48,52H,11-15,17-18,20-23H2,1-10H3,(H,46,47)(H,50,51)/t24-,25-,26+,27-,28-,29-,30+,31?,32+,33+,34+,36+,38+,39-,41-,42+,43-,44-/m0/s1. The van der Waals surface area contributed by atoms with Gasteiger partial charge in [-0.05, 0) is 89.5 Å². The summed E-state index contributed by atoms with van der Waals surface area (Å²) >= 11 is 5.97. The summed E-state index contributed by atoms with van der Waals surface area (Å²) < 4.78 is 34.2. The number of aliphatic carboxylic acids is 1. The summed E-state index contributed by atoms with van der Waals surface area (Å²) in [5.74, 6) is -6.57. The van der Waals surface area contributed by atoms with Gasteiger partial charge in [-0.25, -0.2) is 0 Å². The Morgan fingerprint density at radius 2 is 1.60 bits per heavy atom. The average Bonchev–Trinajstić information content (AvgIpc) is 3.52. The molecular weight excluding hydrogens is 754 g/mol. The number of Topliss-reactive ketones (excluding diaryl/α,β-unsaturated/α-hetero) is 1. The molecule has 0 aromatic carbocycles. The first-order valence-corrected chi connectivity index (χ1v) is 22.4. The molecule has 0 bridgehead atoms. The van der Waals surface area contributed by atoms with Crippen molar-refractivity contribution in [1.29, 1.82) is 0 Å².